The monoisotopic (exact) mass is 247 g/mol. The number of hydrogen-bond donors (Lipinski definition) is 1. The molecule has 1 aromatic rings. The van der Waals surface area contributed by atoms with Gasteiger partial charge in [0.05, 0.1) is 17.6 Å². The van der Waals surface area contributed by atoms with Crippen molar-refractivity contribution < 1.29 is 0 Å². The summed E-state index contributed by atoms with van der Waals surface area (Å²) in [6.07, 6.45) is 8.11. The molecule has 0 aromatic carbocycles. The number of anilines is 1. The Hall–Kier alpha value is -1.09. The van der Waals surface area contributed by atoms with E-state index in [1.807, 2.05) is 6.20 Å². The van der Waals surface area contributed by atoms with Crippen LogP contribution in [0.4, 0.5) is 5.69 Å². The van der Waals surface area contributed by atoms with E-state index in [1.54, 1.807) is 0 Å². The molecule has 3 nitrogen and oxygen atoms in total. The molecule has 18 heavy (non-hydrogen) atoms. The average Bonchev–Trinajstić information content (AvgIpc) is 3.24. The fourth-order valence-electron chi connectivity index (χ4n) is 2.23. The van der Waals surface area contributed by atoms with Gasteiger partial charge < -0.3 is 10.6 Å². The van der Waals surface area contributed by atoms with Gasteiger partial charge in [-0.15, -0.1) is 0 Å². The fraction of sp³-hybridized carbons (Fsp3) is 0.667. The first-order valence-electron chi connectivity index (χ1n) is 7.24. The van der Waals surface area contributed by atoms with Gasteiger partial charge in [-0.05, 0) is 37.8 Å². The van der Waals surface area contributed by atoms with E-state index in [0.717, 1.165) is 24.7 Å². The second-order valence-electron chi connectivity index (χ2n) is 5.23. The van der Waals surface area contributed by atoms with Crippen LogP contribution in [0.1, 0.15) is 57.7 Å². The molecular weight excluding hydrogens is 222 g/mol. The molecule has 1 heterocycles. The number of nitrogens with two attached hydrogens (primary N) is 1. The third kappa shape index (κ3) is 3.22. The Balaban J connectivity index is 2.05. The first-order chi connectivity index (χ1) is 8.76. The predicted octanol–water partition coefficient (Wildman–Crippen LogP) is 3.26. The lowest BCUT2D eigenvalue weighted by molar-refractivity contribution is 0.672. The third-order valence-electron chi connectivity index (χ3n) is 3.66. The van der Waals surface area contributed by atoms with Crippen LogP contribution in [0.3, 0.4) is 0 Å². The number of aromatic nitrogens is 1. The van der Waals surface area contributed by atoms with Crippen molar-refractivity contribution in [2.75, 3.05) is 11.4 Å². The van der Waals surface area contributed by atoms with E-state index in [1.165, 1.54) is 31.4 Å². The Bertz CT molecular complexity index is 357. The molecule has 1 aliphatic carbocycles. The smallest absolute Gasteiger partial charge is 0.0572 e. The van der Waals surface area contributed by atoms with Gasteiger partial charge >= 0.3 is 0 Å². The minimum Gasteiger partial charge on any atom is -0.367 e. The summed E-state index contributed by atoms with van der Waals surface area (Å²) in [6, 6.07) is 5.10. The lowest BCUT2D eigenvalue weighted by Gasteiger charge is -2.24. The van der Waals surface area contributed by atoms with E-state index < -0.39 is 0 Å². The highest BCUT2D eigenvalue weighted by atomic mass is 15.2. The number of pyridine rings is 1. The number of hydrogen-bond acceptors (Lipinski definition) is 3. The Morgan fingerprint density at radius 2 is 2.17 bits per heavy atom. The van der Waals surface area contributed by atoms with Gasteiger partial charge in [-0.25, -0.2) is 0 Å². The summed E-state index contributed by atoms with van der Waals surface area (Å²) in [7, 11) is 0. The molecule has 0 aliphatic heterocycles. The van der Waals surface area contributed by atoms with Gasteiger partial charge in [0.2, 0.25) is 0 Å². The van der Waals surface area contributed by atoms with Crippen molar-refractivity contribution in [3.63, 3.8) is 0 Å². The molecule has 1 fully saturated rings. The van der Waals surface area contributed by atoms with Crippen molar-refractivity contribution in [2.45, 2.75) is 58.0 Å². The minimum atomic E-state index is 0.0732. The van der Waals surface area contributed by atoms with Crippen LogP contribution in [0.25, 0.3) is 0 Å². The molecule has 0 radical (unpaired) electrons. The Labute approximate surface area is 110 Å². The zero-order valence-electron chi connectivity index (χ0n) is 11.6. The number of rotatable bonds is 7. The lowest BCUT2D eigenvalue weighted by Crippen LogP contribution is -2.27. The lowest BCUT2D eigenvalue weighted by atomic mass is 10.1. The van der Waals surface area contributed by atoms with Crippen molar-refractivity contribution >= 4 is 5.69 Å². The first-order valence-corrected chi connectivity index (χ1v) is 7.24. The summed E-state index contributed by atoms with van der Waals surface area (Å²) >= 11 is 0. The quantitative estimate of drug-likeness (QED) is 0.804. The van der Waals surface area contributed by atoms with Crippen LogP contribution in [0.15, 0.2) is 18.3 Å². The molecule has 3 heteroatoms. The van der Waals surface area contributed by atoms with Gasteiger partial charge in [0.25, 0.3) is 0 Å². The SMILES string of the molecule is CCCCN(c1ccc([C@@H](N)CC)nc1)C1CC1. The second-order valence-corrected chi connectivity index (χ2v) is 5.23. The largest absolute Gasteiger partial charge is 0.367 e. The van der Waals surface area contributed by atoms with E-state index in [0.29, 0.717) is 0 Å². The third-order valence-corrected chi connectivity index (χ3v) is 3.66. The highest BCUT2D eigenvalue weighted by Gasteiger charge is 2.28. The normalized spacial score (nSPS) is 16.6. The average molecular weight is 247 g/mol. The van der Waals surface area contributed by atoms with E-state index in [9.17, 15) is 0 Å². The molecule has 0 unspecified atom stereocenters. The fourth-order valence-corrected chi connectivity index (χ4v) is 2.23. The van der Waals surface area contributed by atoms with Gasteiger partial charge in [0, 0.05) is 18.6 Å². The summed E-state index contributed by atoms with van der Waals surface area (Å²) in [5.41, 5.74) is 8.27. The van der Waals surface area contributed by atoms with Crippen molar-refractivity contribution in [3.8, 4) is 0 Å². The summed E-state index contributed by atoms with van der Waals surface area (Å²) in [5.74, 6) is 0. The van der Waals surface area contributed by atoms with Crippen molar-refractivity contribution in [2.24, 2.45) is 5.73 Å². The van der Waals surface area contributed by atoms with Crippen LogP contribution in [-0.4, -0.2) is 17.6 Å². The van der Waals surface area contributed by atoms with Gasteiger partial charge in [-0.1, -0.05) is 20.3 Å². The molecule has 1 atom stereocenters. The van der Waals surface area contributed by atoms with E-state index in [2.05, 4.69) is 35.9 Å². The molecule has 0 saturated heterocycles. The standard InChI is InChI=1S/C15H25N3/c1-3-5-10-18(12-6-7-12)13-8-9-15(17-11-13)14(16)4-2/h8-9,11-12,14H,3-7,10,16H2,1-2H3/t14-/m0/s1. The molecule has 0 amide bonds. The molecule has 1 aromatic heterocycles. The molecule has 1 aliphatic rings. The predicted molar refractivity (Wildman–Crippen MR) is 76.7 cm³/mol. The molecule has 1 saturated carbocycles. The molecular formula is C15H25N3. The maximum atomic E-state index is 6.00. The first kappa shape index (κ1) is 13.3. The zero-order chi connectivity index (χ0) is 13.0. The molecule has 0 bridgehead atoms. The Morgan fingerprint density at radius 1 is 1.39 bits per heavy atom. The molecule has 2 rings (SSSR count). The van der Waals surface area contributed by atoms with Gasteiger partial charge in [-0.2, -0.15) is 0 Å². The highest BCUT2D eigenvalue weighted by molar-refractivity contribution is 5.47. The van der Waals surface area contributed by atoms with Gasteiger partial charge in [-0.3, -0.25) is 4.98 Å². The molecule has 2 N–H and O–H groups in total. The van der Waals surface area contributed by atoms with Crippen LogP contribution in [-0.2, 0) is 0 Å². The Morgan fingerprint density at radius 3 is 2.67 bits per heavy atom. The summed E-state index contributed by atoms with van der Waals surface area (Å²) in [5, 5.41) is 0. The van der Waals surface area contributed by atoms with E-state index in [-0.39, 0.29) is 6.04 Å². The van der Waals surface area contributed by atoms with Crippen molar-refractivity contribution in [1.29, 1.82) is 0 Å². The van der Waals surface area contributed by atoms with Crippen LogP contribution >= 0.6 is 0 Å². The van der Waals surface area contributed by atoms with E-state index >= 15 is 0 Å². The van der Waals surface area contributed by atoms with Crippen molar-refractivity contribution in [3.05, 3.63) is 24.0 Å². The van der Waals surface area contributed by atoms with Gasteiger partial charge in [0.1, 0.15) is 0 Å². The minimum absolute atomic E-state index is 0.0732. The van der Waals surface area contributed by atoms with Crippen LogP contribution < -0.4 is 10.6 Å². The maximum Gasteiger partial charge on any atom is 0.0572 e. The maximum absolute atomic E-state index is 6.00. The van der Waals surface area contributed by atoms with Crippen molar-refractivity contribution in [1.82, 2.24) is 4.98 Å². The second kappa shape index (κ2) is 6.19. The van der Waals surface area contributed by atoms with Crippen LogP contribution in [0.5, 0.6) is 0 Å². The van der Waals surface area contributed by atoms with Crippen LogP contribution in [0.2, 0.25) is 0 Å². The van der Waals surface area contributed by atoms with Crippen LogP contribution in [0, 0.1) is 0 Å². The zero-order valence-corrected chi connectivity index (χ0v) is 11.6. The molecule has 100 valence electrons. The number of nitrogens with zero attached hydrogens (tertiary/aromatic N) is 2. The molecule has 0 spiro atoms. The van der Waals surface area contributed by atoms with Gasteiger partial charge in [0.15, 0.2) is 0 Å². The summed E-state index contributed by atoms with van der Waals surface area (Å²) in [4.78, 5) is 7.03. The topological polar surface area (TPSA) is 42.1 Å². The highest BCUT2D eigenvalue weighted by Crippen LogP contribution is 2.31. The number of unbranched alkanes of at least 4 members (excludes halogenated alkanes) is 1. The summed E-state index contributed by atoms with van der Waals surface area (Å²) in [6.45, 7) is 5.49. The Kier molecular flexibility index (Phi) is 4.59. The van der Waals surface area contributed by atoms with E-state index in [4.69, 9.17) is 5.73 Å². The summed E-state index contributed by atoms with van der Waals surface area (Å²) < 4.78 is 0.